The number of hydrogen-bond acceptors (Lipinski definition) is 1. The monoisotopic (exact) mass is 341 g/mol. The van der Waals surface area contributed by atoms with Gasteiger partial charge in [-0.05, 0) is 49.4 Å². The Hall–Kier alpha value is -0.410. The van der Waals surface area contributed by atoms with Gasteiger partial charge in [-0.25, -0.2) is 4.39 Å². The molecule has 0 aliphatic heterocycles. The maximum absolute atomic E-state index is 13.2. The van der Waals surface area contributed by atoms with Crippen molar-refractivity contribution in [1.82, 2.24) is 4.90 Å². The lowest BCUT2D eigenvalue weighted by Gasteiger charge is -2.30. The molecule has 112 valence electrons. The van der Waals surface area contributed by atoms with Crippen molar-refractivity contribution in [3.8, 4) is 0 Å². The van der Waals surface area contributed by atoms with E-state index >= 15 is 0 Å². The summed E-state index contributed by atoms with van der Waals surface area (Å²) in [5, 5.41) is 0. The standard InChI is InChI=1S/C17H25BrFN/c1-13(2)9-10-20(16-5-3-4-6-16)12-14-7-8-15(19)11-17(14)18/h7-8,11,13,16H,3-6,9-10,12H2,1-2H3. The molecule has 0 amide bonds. The van der Waals surface area contributed by atoms with Gasteiger partial charge in [0.2, 0.25) is 0 Å². The van der Waals surface area contributed by atoms with Crippen LogP contribution in [0.1, 0.15) is 51.5 Å². The summed E-state index contributed by atoms with van der Waals surface area (Å²) in [6.45, 7) is 6.63. The first-order valence-electron chi connectivity index (χ1n) is 7.74. The van der Waals surface area contributed by atoms with E-state index in [0.29, 0.717) is 6.04 Å². The summed E-state index contributed by atoms with van der Waals surface area (Å²) in [5.41, 5.74) is 1.20. The van der Waals surface area contributed by atoms with E-state index in [1.165, 1.54) is 37.7 Å². The molecule has 1 aliphatic rings. The van der Waals surface area contributed by atoms with Crippen LogP contribution in [0.3, 0.4) is 0 Å². The van der Waals surface area contributed by atoms with E-state index in [1.807, 2.05) is 6.07 Å². The number of rotatable bonds is 6. The first-order chi connectivity index (χ1) is 9.56. The Kier molecular flexibility index (Phi) is 6.03. The molecular formula is C17H25BrFN. The molecular weight excluding hydrogens is 317 g/mol. The van der Waals surface area contributed by atoms with Crippen molar-refractivity contribution in [3.05, 3.63) is 34.1 Å². The van der Waals surface area contributed by atoms with Gasteiger partial charge >= 0.3 is 0 Å². The molecule has 0 heterocycles. The van der Waals surface area contributed by atoms with Gasteiger partial charge < -0.3 is 0 Å². The topological polar surface area (TPSA) is 3.24 Å². The van der Waals surface area contributed by atoms with Gasteiger partial charge in [-0.2, -0.15) is 0 Å². The van der Waals surface area contributed by atoms with E-state index in [0.717, 1.165) is 23.5 Å². The summed E-state index contributed by atoms with van der Waals surface area (Å²) in [6, 6.07) is 5.77. The normalized spacial score (nSPS) is 16.5. The van der Waals surface area contributed by atoms with Crippen LogP contribution in [-0.2, 0) is 6.54 Å². The van der Waals surface area contributed by atoms with Gasteiger partial charge in [0.05, 0.1) is 0 Å². The highest BCUT2D eigenvalue weighted by Crippen LogP contribution is 2.27. The molecule has 1 aromatic carbocycles. The minimum Gasteiger partial charge on any atom is -0.296 e. The van der Waals surface area contributed by atoms with Gasteiger partial charge in [0, 0.05) is 17.1 Å². The highest BCUT2D eigenvalue weighted by Gasteiger charge is 2.23. The number of halogens is 2. The van der Waals surface area contributed by atoms with Crippen molar-refractivity contribution in [2.75, 3.05) is 6.54 Å². The predicted molar refractivity (Wildman–Crippen MR) is 86.2 cm³/mol. The Morgan fingerprint density at radius 1 is 1.30 bits per heavy atom. The fourth-order valence-electron chi connectivity index (χ4n) is 2.95. The second kappa shape index (κ2) is 7.56. The minimum absolute atomic E-state index is 0.171. The largest absolute Gasteiger partial charge is 0.296 e. The smallest absolute Gasteiger partial charge is 0.124 e. The highest BCUT2D eigenvalue weighted by atomic mass is 79.9. The number of benzene rings is 1. The van der Waals surface area contributed by atoms with Crippen LogP contribution in [0.5, 0.6) is 0 Å². The van der Waals surface area contributed by atoms with Crippen LogP contribution in [0.4, 0.5) is 4.39 Å². The van der Waals surface area contributed by atoms with Gasteiger partial charge in [0.25, 0.3) is 0 Å². The molecule has 0 unspecified atom stereocenters. The molecule has 3 heteroatoms. The maximum atomic E-state index is 13.2. The Morgan fingerprint density at radius 3 is 2.60 bits per heavy atom. The lowest BCUT2D eigenvalue weighted by atomic mass is 10.1. The van der Waals surface area contributed by atoms with Gasteiger partial charge in [-0.1, -0.05) is 48.7 Å². The molecule has 1 aliphatic carbocycles. The molecule has 0 N–H and O–H groups in total. The van der Waals surface area contributed by atoms with Crippen molar-refractivity contribution in [3.63, 3.8) is 0 Å². The second-order valence-electron chi connectivity index (χ2n) is 6.33. The van der Waals surface area contributed by atoms with Crippen LogP contribution >= 0.6 is 15.9 Å². The molecule has 2 rings (SSSR count). The van der Waals surface area contributed by atoms with Crippen LogP contribution in [0.15, 0.2) is 22.7 Å². The van der Waals surface area contributed by atoms with Crippen LogP contribution in [0, 0.1) is 11.7 Å². The third-order valence-corrected chi connectivity index (χ3v) is 4.96. The van der Waals surface area contributed by atoms with Gasteiger partial charge in [0.15, 0.2) is 0 Å². The van der Waals surface area contributed by atoms with Gasteiger partial charge in [-0.3, -0.25) is 4.90 Å². The minimum atomic E-state index is -0.171. The summed E-state index contributed by atoms with van der Waals surface area (Å²) in [4.78, 5) is 2.60. The van der Waals surface area contributed by atoms with Crippen molar-refractivity contribution in [2.24, 2.45) is 5.92 Å². The Balaban J connectivity index is 2.05. The zero-order valence-electron chi connectivity index (χ0n) is 12.5. The molecule has 1 aromatic rings. The molecule has 1 saturated carbocycles. The van der Waals surface area contributed by atoms with Crippen molar-refractivity contribution >= 4 is 15.9 Å². The molecule has 0 saturated heterocycles. The molecule has 0 bridgehead atoms. The van der Waals surface area contributed by atoms with E-state index < -0.39 is 0 Å². The van der Waals surface area contributed by atoms with Crippen molar-refractivity contribution in [1.29, 1.82) is 0 Å². The van der Waals surface area contributed by atoms with Crippen LogP contribution in [0.2, 0.25) is 0 Å². The average molecular weight is 342 g/mol. The van der Waals surface area contributed by atoms with Crippen LogP contribution < -0.4 is 0 Å². The summed E-state index contributed by atoms with van der Waals surface area (Å²) in [6.07, 6.45) is 6.57. The first kappa shape index (κ1) is 16.0. The summed E-state index contributed by atoms with van der Waals surface area (Å²) in [7, 11) is 0. The second-order valence-corrected chi connectivity index (χ2v) is 7.18. The first-order valence-corrected chi connectivity index (χ1v) is 8.53. The molecule has 0 spiro atoms. The Bertz CT molecular complexity index is 427. The van der Waals surface area contributed by atoms with Crippen molar-refractivity contribution < 1.29 is 4.39 Å². The van der Waals surface area contributed by atoms with E-state index in [9.17, 15) is 4.39 Å². The third-order valence-electron chi connectivity index (χ3n) is 4.22. The van der Waals surface area contributed by atoms with Gasteiger partial charge in [0.1, 0.15) is 5.82 Å². The molecule has 0 atom stereocenters. The zero-order valence-corrected chi connectivity index (χ0v) is 14.1. The van der Waals surface area contributed by atoms with E-state index in [-0.39, 0.29) is 5.82 Å². The Morgan fingerprint density at radius 2 is 2.00 bits per heavy atom. The summed E-state index contributed by atoms with van der Waals surface area (Å²) >= 11 is 3.50. The SMILES string of the molecule is CC(C)CCN(Cc1ccc(F)cc1Br)C1CCCC1. The van der Waals surface area contributed by atoms with E-state index in [4.69, 9.17) is 0 Å². The lowest BCUT2D eigenvalue weighted by Crippen LogP contribution is -2.34. The Labute approximate surface area is 130 Å². The molecule has 0 aromatic heterocycles. The predicted octanol–water partition coefficient (Wildman–Crippen LogP) is 5.38. The number of nitrogens with zero attached hydrogens (tertiary/aromatic N) is 1. The van der Waals surface area contributed by atoms with E-state index in [1.54, 1.807) is 12.1 Å². The average Bonchev–Trinajstić information content (AvgIpc) is 2.90. The fourth-order valence-corrected chi connectivity index (χ4v) is 3.43. The fraction of sp³-hybridized carbons (Fsp3) is 0.647. The number of hydrogen-bond donors (Lipinski definition) is 0. The molecule has 0 radical (unpaired) electrons. The maximum Gasteiger partial charge on any atom is 0.124 e. The molecule has 1 fully saturated rings. The quantitative estimate of drug-likeness (QED) is 0.671. The molecule has 1 nitrogen and oxygen atoms in total. The summed E-state index contributed by atoms with van der Waals surface area (Å²) in [5.74, 6) is 0.561. The zero-order chi connectivity index (χ0) is 14.5. The van der Waals surface area contributed by atoms with Crippen LogP contribution in [-0.4, -0.2) is 17.5 Å². The van der Waals surface area contributed by atoms with Gasteiger partial charge in [-0.15, -0.1) is 0 Å². The van der Waals surface area contributed by atoms with E-state index in [2.05, 4.69) is 34.7 Å². The molecule has 20 heavy (non-hydrogen) atoms. The summed E-state index contributed by atoms with van der Waals surface area (Å²) < 4.78 is 14.1. The highest BCUT2D eigenvalue weighted by molar-refractivity contribution is 9.10. The lowest BCUT2D eigenvalue weighted by molar-refractivity contribution is 0.179. The third kappa shape index (κ3) is 4.56. The van der Waals surface area contributed by atoms with Crippen molar-refractivity contribution in [2.45, 2.75) is 58.5 Å². The van der Waals surface area contributed by atoms with Crippen LogP contribution in [0.25, 0.3) is 0 Å².